The lowest BCUT2D eigenvalue weighted by molar-refractivity contribution is 0.0526. The van der Waals surface area contributed by atoms with E-state index in [1.807, 2.05) is 4.90 Å². The van der Waals surface area contributed by atoms with Crippen LogP contribution in [0.25, 0.3) is 0 Å². The number of esters is 1. The number of piperazine rings is 1. The molecule has 2 amide bonds. The van der Waals surface area contributed by atoms with Crippen LogP contribution in [0, 0.1) is 17.6 Å². The van der Waals surface area contributed by atoms with Crippen molar-refractivity contribution >= 4 is 23.5 Å². The molecule has 182 valence electrons. The van der Waals surface area contributed by atoms with E-state index < -0.39 is 17.6 Å². The van der Waals surface area contributed by atoms with Crippen molar-refractivity contribution in [1.29, 1.82) is 0 Å². The number of halogens is 2. The normalized spacial score (nSPS) is 18.2. The SMILES string of the molecule is CCOC(=O)c1ccc(N2CCN(C(=O)NCC3CCN(c4ccc(F)c(F)c4)C3)CC2)nc1. The summed E-state index contributed by atoms with van der Waals surface area (Å²) in [6.07, 6.45) is 2.39. The van der Waals surface area contributed by atoms with Crippen LogP contribution in [0.4, 0.5) is 25.1 Å². The number of anilines is 2. The molecule has 0 aliphatic carbocycles. The molecule has 8 nitrogen and oxygen atoms in total. The number of urea groups is 1. The second-order valence-electron chi connectivity index (χ2n) is 8.48. The number of nitrogens with one attached hydrogen (secondary N) is 1. The average Bonchev–Trinajstić information content (AvgIpc) is 3.34. The minimum Gasteiger partial charge on any atom is -0.462 e. The fourth-order valence-corrected chi connectivity index (χ4v) is 4.31. The zero-order chi connectivity index (χ0) is 24.1. The van der Waals surface area contributed by atoms with Gasteiger partial charge in [-0.15, -0.1) is 0 Å². The molecule has 4 rings (SSSR count). The molecule has 1 unspecified atom stereocenters. The van der Waals surface area contributed by atoms with E-state index in [1.165, 1.54) is 12.3 Å². The first-order valence-corrected chi connectivity index (χ1v) is 11.6. The highest BCUT2D eigenvalue weighted by atomic mass is 19.2. The van der Waals surface area contributed by atoms with E-state index in [1.54, 1.807) is 30.0 Å². The third-order valence-corrected chi connectivity index (χ3v) is 6.25. The summed E-state index contributed by atoms with van der Waals surface area (Å²) >= 11 is 0. The zero-order valence-electron chi connectivity index (χ0n) is 19.2. The monoisotopic (exact) mass is 473 g/mol. The maximum atomic E-state index is 13.5. The Balaban J connectivity index is 1.20. The van der Waals surface area contributed by atoms with Crippen LogP contribution in [0.15, 0.2) is 36.5 Å². The van der Waals surface area contributed by atoms with Gasteiger partial charge in [0.05, 0.1) is 12.2 Å². The number of aromatic nitrogens is 1. The van der Waals surface area contributed by atoms with Crippen LogP contribution in [0.1, 0.15) is 23.7 Å². The predicted molar refractivity (Wildman–Crippen MR) is 124 cm³/mol. The molecule has 0 bridgehead atoms. The number of pyridine rings is 1. The zero-order valence-corrected chi connectivity index (χ0v) is 19.2. The quantitative estimate of drug-likeness (QED) is 0.651. The minimum atomic E-state index is -0.851. The van der Waals surface area contributed by atoms with Crippen molar-refractivity contribution in [2.45, 2.75) is 13.3 Å². The molecule has 34 heavy (non-hydrogen) atoms. The number of nitrogens with zero attached hydrogens (tertiary/aromatic N) is 4. The molecule has 2 aromatic rings. The van der Waals surface area contributed by atoms with Gasteiger partial charge in [-0.3, -0.25) is 0 Å². The van der Waals surface area contributed by atoms with E-state index in [4.69, 9.17) is 4.74 Å². The largest absolute Gasteiger partial charge is 0.462 e. The molecule has 2 fully saturated rings. The Morgan fingerprint density at radius 2 is 1.85 bits per heavy atom. The first kappa shape index (κ1) is 23.7. The van der Waals surface area contributed by atoms with E-state index in [-0.39, 0.29) is 11.9 Å². The van der Waals surface area contributed by atoms with E-state index in [2.05, 4.69) is 15.2 Å². The average molecular weight is 474 g/mol. The molecule has 1 aromatic carbocycles. The molecule has 10 heteroatoms. The Morgan fingerprint density at radius 3 is 2.53 bits per heavy atom. The highest BCUT2D eigenvalue weighted by molar-refractivity contribution is 5.89. The van der Waals surface area contributed by atoms with Gasteiger partial charge in [0.15, 0.2) is 11.6 Å². The van der Waals surface area contributed by atoms with Crippen molar-refractivity contribution in [3.8, 4) is 0 Å². The Bertz CT molecular complexity index is 1010. The van der Waals surface area contributed by atoms with E-state index in [0.717, 1.165) is 24.8 Å². The minimum absolute atomic E-state index is 0.100. The van der Waals surface area contributed by atoms with Crippen molar-refractivity contribution in [2.24, 2.45) is 5.92 Å². The molecular weight excluding hydrogens is 444 g/mol. The maximum absolute atomic E-state index is 13.5. The molecule has 2 saturated heterocycles. The van der Waals surface area contributed by atoms with Gasteiger partial charge in [0.1, 0.15) is 5.82 Å². The van der Waals surface area contributed by atoms with Crippen LogP contribution in [0.3, 0.4) is 0 Å². The van der Waals surface area contributed by atoms with Gasteiger partial charge in [0.2, 0.25) is 0 Å². The molecule has 0 saturated carbocycles. The summed E-state index contributed by atoms with van der Waals surface area (Å²) in [5, 5.41) is 3.01. The number of amides is 2. The summed E-state index contributed by atoms with van der Waals surface area (Å²) in [7, 11) is 0. The van der Waals surface area contributed by atoms with Crippen LogP contribution < -0.4 is 15.1 Å². The third-order valence-electron chi connectivity index (χ3n) is 6.25. The molecule has 1 atom stereocenters. The molecule has 1 aromatic heterocycles. The van der Waals surface area contributed by atoms with Crippen LogP contribution in [-0.2, 0) is 4.74 Å². The second kappa shape index (κ2) is 10.7. The molecule has 1 N–H and O–H groups in total. The summed E-state index contributed by atoms with van der Waals surface area (Å²) in [4.78, 5) is 34.6. The Labute approximate surface area is 197 Å². The highest BCUT2D eigenvalue weighted by Gasteiger charge is 2.26. The van der Waals surface area contributed by atoms with Crippen LogP contribution in [0.5, 0.6) is 0 Å². The maximum Gasteiger partial charge on any atom is 0.339 e. The summed E-state index contributed by atoms with van der Waals surface area (Å²) in [5.74, 6) is -1.08. The second-order valence-corrected chi connectivity index (χ2v) is 8.48. The molecule has 3 heterocycles. The van der Waals surface area contributed by atoms with Gasteiger partial charge in [0, 0.05) is 63.8 Å². The van der Waals surface area contributed by atoms with Crippen LogP contribution >= 0.6 is 0 Å². The number of carbonyl (C=O) groups excluding carboxylic acids is 2. The fourth-order valence-electron chi connectivity index (χ4n) is 4.31. The summed E-state index contributed by atoms with van der Waals surface area (Å²) in [5.41, 5.74) is 1.08. The Hall–Kier alpha value is -3.43. The van der Waals surface area contributed by atoms with Gasteiger partial charge in [-0.1, -0.05) is 0 Å². The van der Waals surface area contributed by atoms with Gasteiger partial charge in [-0.05, 0) is 43.5 Å². The lowest BCUT2D eigenvalue weighted by atomic mass is 10.1. The topological polar surface area (TPSA) is 78.0 Å². The first-order chi connectivity index (χ1) is 16.4. The molecule has 2 aliphatic heterocycles. The van der Waals surface area contributed by atoms with Gasteiger partial charge in [-0.25, -0.2) is 23.4 Å². The fraction of sp³-hybridized carbons (Fsp3) is 0.458. The molecule has 2 aliphatic rings. The van der Waals surface area contributed by atoms with E-state index >= 15 is 0 Å². The third kappa shape index (κ3) is 5.55. The van der Waals surface area contributed by atoms with Crippen LogP contribution in [0.2, 0.25) is 0 Å². The van der Waals surface area contributed by atoms with E-state index in [0.29, 0.717) is 57.1 Å². The van der Waals surface area contributed by atoms with Gasteiger partial charge >= 0.3 is 12.0 Å². The summed E-state index contributed by atoms with van der Waals surface area (Å²) < 4.78 is 31.7. The highest BCUT2D eigenvalue weighted by Crippen LogP contribution is 2.25. The number of benzene rings is 1. The van der Waals surface area contributed by atoms with Crippen molar-refractivity contribution in [3.05, 3.63) is 53.7 Å². The number of carbonyl (C=O) groups is 2. The molecule has 0 radical (unpaired) electrons. The molecular formula is C24H29F2N5O3. The number of rotatable bonds is 6. The lowest BCUT2D eigenvalue weighted by Gasteiger charge is -2.35. The van der Waals surface area contributed by atoms with Gasteiger partial charge < -0.3 is 24.8 Å². The van der Waals surface area contributed by atoms with Crippen molar-refractivity contribution in [1.82, 2.24) is 15.2 Å². The predicted octanol–water partition coefficient (Wildman–Crippen LogP) is 2.89. The van der Waals surface area contributed by atoms with Crippen molar-refractivity contribution < 1.29 is 23.1 Å². The van der Waals surface area contributed by atoms with Crippen molar-refractivity contribution in [2.75, 3.05) is 62.2 Å². The Kier molecular flexibility index (Phi) is 7.44. The van der Waals surface area contributed by atoms with Crippen molar-refractivity contribution in [3.63, 3.8) is 0 Å². The standard InChI is InChI=1S/C24H29F2N5O3/c1-2-34-23(32)18-3-6-22(27-15-18)29-9-11-30(12-10-29)24(33)28-14-17-7-8-31(16-17)19-4-5-20(25)21(26)13-19/h3-6,13,15,17H,2,7-12,14,16H2,1H3,(H,28,33). The number of hydrogen-bond acceptors (Lipinski definition) is 6. The summed E-state index contributed by atoms with van der Waals surface area (Å²) in [6, 6.07) is 7.33. The van der Waals surface area contributed by atoms with Gasteiger partial charge in [-0.2, -0.15) is 0 Å². The number of hydrogen-bond donors (Lipinski definition) is 1. The number of ether oxygens (including phenoxy) is 1. The van der Waals surface area contributed by atoms with E-state index in [9.17, 15) is 18.4 Å². The lowest BCUT2D eigenvalue weighted by Crippen LogP contribution is -2.52. The van der Waals surface area contributed by atoms with Crippen LogP contribution in [-0.4, -0.2) is 74.3 Å². The Morgan fingerprint density at radius 1 is 1.06 bits per heavy atom. The summed E-state index contributed by atoms with van der Waals surface area (Å²) in [6.45, 7) is 6.47. The molecule has 0 spiro atoms. The first-order valence-electron chi connectivity index (χ1n) is 11.6. The van der Waals surface area contributed by atoms with Gasteiger partial charge in [0.25, 0.3) is 0 Å². The smallest absolute Gasteiger partial charge is 0.339 e.